The number of ether oxygens (including phenoxy) is 4. The van der Waals surface area contributed by atoms with Crippen LogP contribution in [0.5, 0.6) is 23.0 Å². The Labute approximate surface area is 145 Å². The van der Waals surface area contributed by atoms with Crippen molar-refractivity contribution in [3.8, 4) is 23.0 Å². The van der Waals surface area contributed by atoms with Gasteiger partial charge in [0.1, 0.15) is 5.75 Å². The van der Waals surface area contributed by atoms with E-state index in [1.807, 2.05) is 24.3 Å². The first-order valence-electron chi connectivity index (χ1n) is 7.63. The van der Waals surface area contributed by atoms with Gasteiger partial charge in [0, 0.05) is 17.6 Å². The largest absolute Gasteiger partial charge is 0.497 e. The predicted octanol–water partition coefficient (Wildman–Crippen LogP) is 3.36. The van der Waals surface area contributed by atoms with Gasteiger partial charge in [0.05, 0.1) is 39.5 Å². The molecule has 6 heteroatoms. The summed E-state index contributed by atoms with van der Waals surface area (Å²) in [6.07, 6.45) is 1.72. The van der Waals surface area contributed by atoms with Crippen LogP contribution in [-0.4, -0.2) is 38.9 Å². The molecule has 0 amide bonds. The van der Waals surface area contributed by atoms with E-state index in [2.05, 4.69) is 0 Å². The second-order valence-electron chi connectivity index (χ2n) is 5.30. The fourth-order valence-electron chi connectivity index (χ4n) is 2.81. The lowest BCUT2D eigenvalue weighted by Gasteiger charge is -2.15. The van der Waals surface area contributed by atoms with Crippen LogP contribution in [0, 0.1) is 0 Å². The summed E-state index contributed by atoms with van der Waals surface area (Å²) in [6, 6.07) is 10.8. The molecule has 0 aliphatic heterocycles. The first kappa shape index (κ1) is 16.7. The third kappa shape index (κ3) is 2.76. The molecule has 0 bridgehead atoms. The Morgan fingerprint density at radius 2 is 1.60 bits per heavy atom. The van der Waals surface area contributed by atoms with Crippen molar-refractivity contribution >= 4 is 16.8 Å². The van der Waals surface area contributed by atoms with Gasteiger partial charge in [-0.2, -0.15) is 0 Å². The maximum atomic E-state index is 13.1. The smallest absolute Gasteiger partial charge is 0.266 e. The van der Waals surface area contributed by atoms with E-state index in [9.17, 15) is 4.79 Å². The highest BCUT2D eigenvalue weighted by molar-refractivity contribution is 6.04. The Balaban J connectivity index is 2.16. The van der Waals surface area contributed by atoms with Crippen molar-refractivity contribution in [1.29, 1.82) is 0 Å². The van der Waals surface area contributed by atoms with Gasteiger partial charge in [-0.25, -0.2) is 0 Å². The van der Waals surface area contributed by atoms with Gasteiger partial charge in [0.2, 0.25) is 5.75 Å². The molecule has 1 aromatic heterocycles. The highest BCUT2D eigenvalue weighted by Crippen LogP contribution is 2.40. The zero-order valence-corrected chi connectivity index (χ0v) is 14.5. The standard InChI is InChI=1S/C19H19NO5/c1-22-13-6-5-12-9-10-20(15(12)11-13)19(21)14-7-8-16(23-2)18(25-4)17(14)24-3/h5-11H,1-4H3. The van der Waals surface area contributed by atoms with Crippen molar-refractivity contribution < 1.29 is 23.7 Å². The second-order valence-corrected chi connectivity index (χ2v) is 5.30. The summed E-state index contributed by atoms with van der Waals surface area (Å²) in [6.45, 7) is 0. The van der Waals surface area contributed by atoms with E-state index in [1.54, 1.807) is 30.0 Å². The average molecular weight is 341 g/mol. The van der Waals surface area contributed by atoms with E-state index in [0.29, 0.717) is 28.6 Å². The number of methoxy groups -OCH3 is 4. The number of benzene rings is 2. The van der Waals surface area contributed by atoms with Crippen LogP contribution in [0.25, 0.3) is 10.9 Å². The Morgan fingerprint density at radius 1 is 0.840 bits per heavy atom. The third-order valence-corrected chi connectivity index (χ3v) is 4.05. The summed E-state index contributed by atoms with van der Waals surface area (Å²) >= 11 is 0. The monoisotopic (exact) mass is 341 g/mol. The lowest BCUT2D eigenvalue weighted by Crippen LogP contribution is -2.13. The molecule has 3 rings (SSSR count). The quantitative estimate of drug-likeness (QED) is 0.712. The summed E-state index contributed by atoms with van der Waals surface area (Å²) in [4.78, 5) is 13.1. The molecule has 1 heterocycles. The molecule has 0 aliphatic carbocycles. The number of carbonyl (C=O) groups excluding carboxylic acids is 1. The van der Waals surface area contributed by atoms with E-state index in [0.717, 1.165) is 10.9 Å². The van der Waals surface area contributed by atoms with Crippen LogP contribution in [-0.2, 0) is 0 Å². The number of rotatable bonds is 5. The maximum absolute atomic E-state index is 13.1. The molecule has 0 saturated carbocycles. The summed E-state index contributed by atoms with van der Waals surface area (Å²) < 4.78 is 22.9. The van der Waals surface area contributed by atoms with Gasteiger partial charge in [-0.3, -0.25) is 9.36 Å². The molecular formula is C19H19NO5. The van der Waals surface area contributed by atoms with Crippen molar-refractivity contribution in [2.75, 3.05) is 28.4 Å². The predicted molar refractivity (Wildman–Crippen MR) is 94.3 cm³/mol. The van der Waals surface area contributed by atoms with Crippen LogP contribution in [0.1, 0.15) is 10.4 Å². The van der Waals surface area contributed by atoms with E-state index >= 15 is 0 Å². The Bertz CT molecular complexity index is 929. The molecule has 0 N–H and O–H groups in total. The fraction of sp³-hybridized carbons (Fsp3) is 0.211. The summed E-state index contributed by atoms with van der Waals surface area (Å²) in [5.74, 6) is 1.65. The normalized spacial score (nSPS) is 10.6. The molecule has 0 radical (unpaired) electrons. The zero-order chi connectivity index (χ0) is 18.0. The highest BCUT2D eigenvalue weighted by atomic mass is 16.5. The topological polar surface area (TPSA) is 58.9 Å². The van der Waals surface area contributed by atoms with Crippen LogP contribution < -0.4 is 18.9 Å². The molecule has 0 fully saturated rings. The Morgan fingerprint density at radius 3 is 2.24 bits per heavy atom. The number of hydrogen-bond acceptors (Lipinski definition) is 5. The number of carbonyl (C=O) groups is 1. The second kappa shape index (κ2) is 6.76. The number of nitrogens with zero attached hydrogens (tertiary/aromatic N) is 1. The van der Waals surface area contributed by atoms with Gasteiger partial charge >= 0.3 is 0 Å². The van der Waals surface area contributed by atoms with Crippen molar-refractivity contribution in [3.63, 3.8) is 0 Å². The molecular weight excluding hydrogens is 322 g/mol. The highest BCUT2D eigenvalue weighted by Gasteiger charge is 2.22. The van der Waals surface area contributed by atoms with Crippen molar-refractivity contribution in [3.05, 3.63) is 48.2 Å². The number of aromatic nitrogens is 1. The SMILES string of the molecule is COc1ccc2ccn(C(=O)c3ccc(OC)c(OC)c3OC)c2c1. The van der Waals surface area contributed by atoms with E-state index in [1.165, 1.54) is 21.3 Å². The molecule has 0 atom stereocenters. The summed E-state index contributed by atoms with van der Waals surface area (Å²) in [5, 5.41) is 0.939. The molecule has 0 spiro atoms. The molecule has 25 heavy (non-hydrogen) atoms. The van der Waals surface area contributed by atoms with Gasteiger partial charge in [0.15, 0.2) is 11.5 Å². The van der Waals surface area contributed by atoms with Gasteiger partial charge in [-0.1, -0.05) is 0 Å². The molecule has 130 valence electrons. The number of fused-ring (bicyclic) bond motifs is 1. The minimum Gasteiger partial charge on any atom is -0.497 e. The van der Waals surface area contributed by atoms with Crippen LogP contribution in [0.15, 0.2) is 42.6 Å². The lowest BCUT2D eigenvalue weighted by molar-refractivity contribution is 0.0961. The van der Waals surface area contributed by atoms with Crippen molar-refractivity contribution in [2.24, 2.45) is 0 Å². The van der Waals surface area contributed by atoms with E-state index in [4.69, 9.17) is 18.9 Å². The number of hydrogen-bond donors (Lipinski definition) is 0. The molecule has 2 aromatic carbocycles. The first-order valence-corrected chi connectivity index (χ1v) is 7.63. The van der Waals surface area contributed by atoms with Crippen LogP contribution in [0.4, 0.5) is 0 Å². The average Bonchev–Trinajstić information content (AvgIpc) is 3.08. The fourth-order valence-corrected chi connectivity index (χ4v) is 2.81. The minimum atomic E-state index is -0.235. The van der Waals surface area contributed by atoms with E-state index in [-0.39, 0.29) is 5.91 Å². The molecule has 0 unspecified atom stereocenters. The summed E-state index contributed by atoms with van der Waals surface area (Å²) in [7, 11) is 6.12. The lowest BCUT2D eigenvalue weighted by atomic mass is 10.1. The van der Waals surface area contributed by atoms with Crippen LogP contribution in [0.2, 0.25) is 0 Å². The molecule has 6 nitrogen and oxygen atoms in total. The van der Waals surface area contributed by atoms with Crippen molar-refractivity contribution in [1.82, 2.24) is 4.57 Å². The van der Waals surface area contributed by atoms with Crippen LogP contribution in [0.3, 0.4) is 0 Å². The minimum absolute atomic E-state index is 0.235. The Hall–Kier alpha value is -3.15. The zero-order valence-electron chi connectivity index (χ0n) is 14.5. The third-order valence-electron chi connectivity index (χ3n) is 4.05. The Kier molecular flexibility index (Phi) is 4.52. The molecule has 0 saturated heterocycles. The molecule has 0 aliphatic rings. The van der Waals surface area contributed by atoms with Crippen LogP contribution >= 0.6 is 0 Å². The van der Waals surface area contributed by atoms with Gasteiger partial charge in [-0.05, 0) is 30.3 Å². The van der Waals surface area contributed by atoms with Crippen molar-refractivity contribution in [2.45, 2.75) is 0 Å². The van der Waals surface area contributed by atoms with E-state index < -0.39 is 0 Å². The molecule has 3 aromatic rings. The summed E-state index contributed by atoms with van der Waals surface area (Å²) in [5.41, 5.74) is 1.13. The first-order chi connectivity index (χ1) is 12.1. The van der Waals surface area contributed by atoms with Gasteiger partial charge in [0.25, 0.3) is 5.91 Å². The maximum Gasteiger partial charge on any atom is 0.266 e. The van der Waals surface area contributed by atoms with Gasteiger partial charge in [-0.15, -0.1) is 0 Å². The van der Waals surface area contributed by atoms with Gasteiger partial charge < -0.3 is 18.9 Å².